The lowest BCUT2D eigenvalue weighted by Crippen LogP contribution is -2.18. The van der Waals surface area contributed by atoms with Crippen LogP contribution in [-0.4, -0.2) is 18.3 Å². The molecular weight excluding hydrogens is 174 g/mol. The minimum Gasteiger partial charge on any atom is -0.395 e. The first-order valence-electron chi connectivity index (χ1n) is 5.03. The normalized spacial score (nSPS) is 10.6. The van der Waals surface area contributed by atoms with Crippen molar-refractivity contribution in [2.24, 2.45) is 0 Å². The van der Waals surface area contributed by atoms with E-state index in [9.17, 15) is 0 Å². The number of hydrogen-bond donors (Lipinski definition) is 2. The SMILES string of the molecule is Cc1cc(C)c(CNCCO)c(C)c1. The molecule has 2 nitrogen and oxygen atoms in total. The van der Waals surface area contributed by atoms with E-state index in [-0.39, 0.29) is 6.61 Å². The van der Waals surface area contributed by atoms with Crippen molar-refractivity contribution in [1.82, 2.24) is 5.32 Å². The van der Waals surface area contributed by atoms with Crippen molar-refractivity contribution in [3.63, 3.8) is 0 Å². The number of aryl methyl sites for hydroxylation is 3. The predicted octanol–water partition coefficient (Wildman–Crippen LogP) is 1.69. The summed E-state index contributed by atoms with van der Waals surface area (Å²) in [6, 6.07) is 4.39. The van der Waals surface area contributed by atoms with Gasteiger partial charge in [0, 0.05) is 13.1 Å². The van der Waals surface area contributed by atoms with Crippen molar-refractivity contribution < 1.29 is 5.11 Å². The number of benzene rings is 1. The minimum atomic E-state index is 0.198. The van der Waals surface area contributed by atoms with Crippen LogP contribution in [-0.2, 0) is 6.54 Å². The zero-order valence-corrected chi connectivity index (χ0v) is 9.22. The van der Waals surface area contributed by atoms with Crippen LogP contribution in [0.4, 0.5) is 0 Å². The summed E-state index contributed by atoms with van der Waals surface area (Å²) in [5.41, 5.74) is 5.32. The smallest absolute Gasteiger partial charge is 0.0556 e. The molecular formula is C12H19NO. The van der Waals surface area contributed by atoms with Gasteiger partial charge in [-0.05, 0) is 37.5 Å². The molecule has 1 aromatic rings. The molecule has 0 aliphatic rings. The fourth-order valence-electron chi connectivity index (χ4n) is 1.78. The third kappa shape index (κ3) is 2.82. The zero-order valence-electron chi connectivity index (χ0n) is 9.22. The Morgan fingerprint density at radius 1 is 1.14 bits per heavy atom. The third-order valence-electron chi connectivity index (χ3n) is 2.43. The van der Waals surface area contributed by atoms with E-state index in [1.165, 1.54) is 22.3 Å². The lowest BCUT2D eigenvalue weighted by molar-refractivity contribution is 0.292. The van der Waals surface area contributed by atoms with E-state index in [1.807, 2.05) is 0 Å². The molecule has 0 aliphatic carbocycles. The van der Waals surface area contributed by atoms with Crippen LogP contribution in [0.2, 0.25) is 0 Å². The molecule has 1 rings (SSSR count). The fraction of sp³-hybridized carbons (Fsp3) is 0.500. The summed E-state index contributed by atoms with van der Waals surface area (Å²) in [6.07, 6.45) is 0. The zero-order chi connectivity index (χ0) is 10.6. The van der Waals surface area contributed by atoms with Crippen LogP contribution in [0.25, 0.3) is 0 Å². The van der Waals surface area contributed by atoms with Gasteiger partial charge in [0.1, 0.15) is 0 Å². The van der Waals surface area contributed by atoms with Gasteiger partial charge in [-0.2, -0.15) is 0 Å². The van der Waals surface area contributed by atoms with Gasteiger partial charge in [0.05, 0.1) is 6.61 Å². The maximum atomic E-state index is 8.66. The lowest BCUT2D eigenvalue weighted by Gasteiger charge is -2.11. The van der Waals surface area contributed by atoms with E-state index in [2.05, 4.69) is 38.2 Å². The molecule has 0 aliphatic heterocycles. The van der Waals surface area contributed by atoms with Crippen LogP contribution in [0.3, 0.4) is 0 Å². The minimum absolute atomic E-state index is 0.198. The molecule has 2 heteroatoms. The Morgan fingerprint density at radius 3 is 2.21 bits per heavy atom. The molecule has 0 atom stereocenters. The highest BCUT2D eigenvalue weighted by atomic mass is 16.3. The van der Waals surface area contributed by atoms with E-state index in [0.717, 1.165) is 6.54 Å². The summed E-state index contributed by atoms with van der Waals surface area (Å²) in [7, 11) is 0. The Balaban J connectivity index is 2.75. The summed E-state index contributed by atoms with van der Waals surface area (Å²) in [4.78, 5) is 0. The third-order valence-corrected chi connectivity index (χ3v) is 2.43. The van der Waals surface area contributed by atoms with Crippen molar-refractivity contribution in [3.8, 4) is 0 Å². The van der Waals surface area contributed by atoms with Gasteiger partial charge in [-0.1, -0.05) is 17.7 Å². The Labute approximate surface area is 86.0 Å². The monoisotopic (exact) mass is 193 g/mol. The highest BCUT2D eigenvalue weighted by Gasteiger charge is 2.02. The van der Waals surface area contributed by atoms with Crippen molar-refractivity contribution >= 4 is 0 Å². The van der Waals surface area contributed by atoms with Gasteiger partial charge in [-0.25, -0.2) is 0 Å². The summed E-state index contributed by atoms with van der Waals surface area (Å²) in [5.74, 6) is 0. The first-order valence-corrected chi connectivity index (χ1v) is 5.03. The molecule has 1 aromatic carbocycles. The van der Waals surface area contributed by atoms with Crippen LogP contribution in [0.1, 0.15) is 22.3 Å². The van der Waals surface area contributed by atoms with Crippen LogP contribution < -0.4 is 5.32 Å². The standard InChI is InChI=1S/C12H19NO/c1-9-6-10(2)12(11(3)7-9)8-13-4-5-14/h6-7,13-14H,4-5,8H2,1-3H3. The Kier molecular flexibility index (Phi) is 4.11. The topological polar surface area (TPSA) is 32.3 Å². The van der Waals surface area contributed by atoms with Crippen LogP contribution in [0.5, 0.6) is 0 Å². The fourth-order valence-corrected chi connectivity index (χ4v) is 1.78. The van der Waals surface area contributed by atoms with E-state index < -0.39 is 0 Å². The number of aliphatic hydroxyl groups excluding tert-OH is 1. The number of aliphatic hydroxyl groups is 1. The summed E-state index contributed by atoms with van der Waals surface area (Å²) < 4.78 is 0. The van der Waals surface area contributed by atoms with Crippen LogP contribution in [0.15, 0.2) is 12.1 Å². The molecule has 0 fully saturated rings. The Bertz CT molecular complexity index is 284. The van der Waals surface area contributed by atoms with Gasteiger partial charge in [0.2, 0.25) is 0 Å². The van der Waals surface area contributed by atoms with Gasteiger partial charge >= 0.3 is 0 Å². The van der Waals surface area contributed by atoms with Crippen LogP contribution in [0, 0.1) is 20.8 Å². The van der Waals surface area contributed by atoms with Crippen molar-refractivity contribution in [3.05, 3.63) is 34.4 Å². The van der Waals surface area contributed by atoms with Gasteiger partial charge in [-0.3, -0.25) is 0 Å². The van der Waals surface area contributed by atoms with Crippen LogP contribution >= 0.6 is 0 Å². The van der Waals surface area contributed by atoms with Crippen molar-refractivity contribution in [2.75, 3.05) is 13.2 Å². The molecule has 0 aromatic heterocycles. The summed E-state index contributed by atoms with van der Waals surface area (Å²) >= 11 is 0. The highest BCUT2D eigenvalue weighted by Crippen LogP contribution is 2.15. The van der Waals surface area contributed by atoms with Crippen molar-refractivity contribution in [2.45, 2.75) is 27.3 Å². The van der Waals surface area contributed by atoms with E-state index >= 15 is 0 Å². The maximum absolute atomic E-state index is 8.66. The molecule has 14 heavy (non-hydrogen) atoms. The first-order chi connectivity index (χ1) is 6.65. The molecule has 0 spiro atoms. The number of nitrogens with one attached hydrogen (secondary N) is 1. The molecule has 0 radical (unpaired) electrons. The second-order valence-electron chi connectivity index (χ2n) is 3.78. The van der Waals surface area contributed by atoms with Gasteiger partial charge in [-0.15, -0.1) is 0 Å². The summed E-state index contributed by atoms with van der Waals surface area (Å²) in [6.45, 7) is 8.09. The molecule has 0 amide bonds. The second kappa shape index (κ2) is 5.13. The Morgan fingerprint density at radius 2 is 1.71 bits per heavy atom. The summed E-state index contributed by atoms with van der Waals surface area (Å²) in [5, 5.41) is 11.9. The van der Waals surface area contributed by atoms with E-state index in [0.29, 0.717) is 6.54 Å². The molecule has 0 heterocycles. The number of rotatable bonds is 4. The van der Waals surface area contributed by atoms with Gasteiger partial charge in [0.25, 0.3) is 0 Å². The second-order valence-corrected chi connectivity index (χ2v) is 3.78. The maximum Gasteiger partial charge on any atom is 0.0556 e. The predicted molar refractivity (Wildman–Crippen MR) is 59.4 cm³/mol. The lowest BCUT2D eigenvalue weighted by atomic mass is 10.00. The molecule has 0 saturated carbocycles. The average Bonchev–Trinajstić information content (AvgIpc) is 2.09. The molecule has 78 valence electrons. The van der Waals surface area contributed by atoms with E-state index in [4.69, 9.17) is 5.11 Å². The first kappa shape index (κ1) is 11.2. The molecule has 0 saturated heterocycles. The molecule has 0 bridgehead atoms. The highest BCUT2D eigenvalue weighted by molar-refractivity contribution is 5.37. The van der Waals surface area contributed by atoms with E-state index in [1.54, 1.807) is 0 Å². The largest absolute Gasteiger partial charge is 0.395 e. The van der Waals surface area contributed by atoms with Crippen molar-refractivity contribution in [1.29, 1.82) is 0 Å². The Hall–Kier alpha value is -0.860. The number of hydrogen-bond acceptors (Lipinski definition) is 2. The van der Waals surface area contributed by atoms with Gasteiger partial charge < -0.3 is 10.4 Å². The molecule has 2 N–H and O–H groups in total. The average molecular weight is 193 g/mol. The molecule has 0 unspecified atom stereocenters. The quantitative estimate of drug-likeness (QED) is 0.713. The van der Waals surface area contributed by atoms with Gasteiger partial charge in [0.15, 0.2) is 0 Å².